The van der Waals surface area contributed by atoms with Gasteiger partial charge in [-0.15, -0.1) is 11.6 Å². The second-order valence-electron chi connectivity index (χ2n) is 3.30. The molecule has 0 aliphatic rings. The predicted octanol–water partition coefficient (Wildman–Crippen LogP) is 1.65. The van der Waals surface area contributed by atoms with E-state index >= 15 is 0 Å². The summed E-state index contributed by atoms with van der Waals surface area (Å²) in [6, 6.07) is 2.99. The molecule has 0 aromatic heterocycles. The van der Waals surface area contributed by atoms with Crippen LogP contribution in [0.25, 0.3) is 0 Å². The van der Waals surface area contributed by atoms with Crippen LogP contribution in [0.3, 0.4) is 0 Å². The van der Waals surface area contributed by atoms with Gasteiger partial charge in [-0.3, -0.25) is 10.1 Å². The van der Waals surface area contributed by atoms with Crippen molar-refractivity contribution < 1.29 is 23.2 Å². The molecule has 1 unspecified atom stereocenters. The molecule has 0 spiro atoms. The lowest BCUT2D eigenvalue weighted by molar-refractivity contribution is -0.387. The molecule has 0 radical (unpaired) electrons. The number of carboxylic acids is 1. The van der Waals surface area contributed by atoms with Crippen molar-refractivity contribution in [1.82, 2.24) is 0 Å². The van der Waals surface area contributed by atoms with Crippen molar-refractivity contribution in [3.8, 4) is 0 Å². The van der Waals surface area contributed by atoms with Gasteiger partial charge in [0, 0.05) is 6.07 Å². The number of rotatable bonds is 4. The van der Waals surface area contributed by atoms with E-state index in [9.17, 15) is 23.3 Å². The zero-order chi connectivity index (χ0) is 14.1. The highest BCUT2D eigenvalue weighted by molar-refractivity contribution is 7.93. The van der Waals surface area contributed by atoms with Crippen molar-refractivity contribution in [3.63, 3.8) is 0 Å². The van der Waals surface area contributed by atoms with E-state index in [4.69, 9.17) is 16.7 Å². The number of hydrogen-bond donors (Lipinski definition) is 1. The third-order valence-electron chi connectivity index (χ3n) is 2.13. The van der Waals surface area contributed by atoms with E-state index in [2.05, 4.69) is 0 Å². The third kappa shape index (κ3) is 2.44. The number of hydrogen-bond acceptors (Lipinski definition) is 5. The Morgan fingerprint density at radius 1 is 1.50 bits per heavy atom. The van der Waals surface area contributed by atoms with E-state index in [0.717, 1.165) is 25.1 Å². The number of nitro benzene ring substituents is 1. The maximum atomic E-state index is 11.9. The molecule has 0 aliphatic carbocycles. The summed E-state index contributed by atoms with van der Waals surface area (Å²) in [5.74, 6) is -1.57. The summed E-state index contributed by atoms with van der Waals surface area (Å²) < 4.78 is 22.3. The largest absolute Gasteiger partial charge is 0.478 e. The number of aromatic carboxylic acids is 1. The number of alkyl halides is 1. The van der Waals surface area contributed by atoms with Crippen LogP contribution in [0.2, 0.25) is 0 Å². The number of sulfone groups is 1. The SMILES string of the molecule is CC(Cl)S(=O)(=O)c1c(C(=O)O)cccc1[N+](=O)[O-]. The molecule has 0 aliphatic heterocycles. The Kier molecular flexibility index (Phi) is 3.92. The first-order valence-corrected chi connectivity index (χ1v) is 6.56. The minimum absolute atomic E-state index is 0.670. The lowest BCUT2D eigenvalue weighted by atomic mass is 10.2. The summed E-state index contributed by atoms with van der Waals surface area (Å²) in [4.78, 5) is 19.9. The van der Waals surface area contributed by atoms with E-state index in [-0.39, 0.29) is 0 Å². The van der Waals surface area contributed by atoms with E-state index in [1.807, 2.05) is 0 Å². The van der Waals surface area contributed by atoms with E-state index in [0.29, 0.717) is 0 Å². The number of carbonyl (C=O) groups is 1. The fraction of sp³-hybridized carbons (Fsp3) is 0.222. The van der Waals surface area contributed by atoms with Gasteiger partial charge in [-0.25, -0.2) is 13.2 Å². The van der Waals surface area contributed by atoms with Gasteiger partial charge in [0.2, 0.25) is 9.84 Å². The van der Waals surface area contributed by atoms with Gasteiger partial charge >= 0.3 is 5.97 Å². The van der Waals surface area contributed by atoms with Crippen LogP contribution in [0.4, 0.5) is 5.69 Å². The molecule has 1 N–H and O–H groups in total. The van der Waals surface area contributed by atoms with Crippen molar-refractivity contribution >= 4 is 33.1 Å². The quantitative estimate of drug-likeness (QED) is 0.513. The van der Waals surface area contributed by atoms with Crippen LogP contribution < -0.4 is 0 Å². The highest BCUT2D eigenvalue weighted by atomic mass is 35.5. The first kappa shape index (κ1) is 14.4. The summed E-state index contributed by atoms with van der Waals surface area (Å²) in [7, 11) is -4.29. The predicted molar refractivity (Wildman–Crippen MR) is 62.6 cm³/mol. The van der Waals surface area contributed by atoms with Crippen molar-refractivity contribution in [2.45, 2.75) is 16.5 Å². The molecule has 9 heteroatoms. The van der Waals surface area contributed by atoms with Gasteiger partial charge in [-0.1, -0.05) is 6.07 Å². The van der Waals surface area contributed by atoms with Crippen molar-refractivity contribution in [2.24, 2.45) is 0 Å². The zero-order valence-electron chi connectivity index (χ0n) is 9.03. The summed E-state index contributed by atoms with van der Waals surface area (Å²) in [6.45, 7) is 1.10. The molecule has 0 saturated carbocycles. The van der Waals surface area contributed by atoms with Crippen molar-refractivity contribution in [2.75, 3.05) is 0 Å². The highest BCUT2D eigenvalue weighted by Crippen LogP contribution is 2.31. The van der Waals surface area contributed by atoms with Gasteiger partial charge in [0.05, 0.1) is 10.5 Å². The van der Waals surface area contributed by atoms with Crippen LogP contribution in [-0.4, -0.2) is 29.1 Å². The maximum Gasteiger partial charge on any atom is 0.337 e. The molecule has 1 aromatic rings. The fourth-order valence-corrected chi connectivity index (χ4v) is 2.79. The molecule has 1 rings (SSSR count). The summed E-state index contributed by atoms with van der Waals surface area (Å²) in [5, 5.41) is 19.7. The fourth-order valence-electron chi connectivity index (χ4n) is 1.30. The molecule has 7 nitrogen and oxygen atoms in total. The first-order valence-electron chi connectivity index (χ1n) is 4.58. The van der Waals surface area contributed by atoms with Crippen LogP contribution in [0, 0.1) is 10.1 Å². The lowest BCUT2D eigenvalue weighted by Gasteiger charge is -2.09. The Balaban J connectivity index is 3.78. The van der Waals surface area contributed by atoms with Gasteiger partial charge in [0.15, 0.2) is 4.90 Å². The molecule has 0 saturated heterocycles. The molecule has 0 heterocycles. The van der Waals surface area contributed by atoms with Crippen LogP contribution in [0.15, 0.2) is 23.1 Å². The van der Waals surface area contributed by atoms with Crippen molar-refractivity contribution in [1.29, 1.82) is 0 Å². The third-order valence-corrected chi connectivity index (χ3v) is 4.69. The topological polar surface area (TPSA) is 115 Å². The Labute approximate surface area is 107 Å². The smallest absolute Gasteiger partial charge is 0.337 e. The van der Waals surface area contributed by atoms with Crippen LogP contribution >= 0.6 is 11.6 Å². The average Bonchev–Trinajstić information content (AvgIpc) is 2.27. The lowest BCUT2D eigenvalue weighted by Crippen LogP contribution is -2.17. The standard InChI is InChI=1S/C9H8ClNO6S/c1-5(10)18(16,17)8-6(9(12)13)3-2-4-7(8)11(14)15/h2-5H,1H3,(H,12,13). The summed E-state index contributed by atoms with van der Waals surface area (Å²) in [5.41, 5.74) is -1.47. The summed E-state index contributed by atoms with van der Waals surface area (Å²) in [6.07, 6.45) is 0. The molecule has 0 amide bonds. The van der Waals surface area contributed by atoms with Crippen LogP contribution in [0.1, 0.15) is 17.3 Å². The Morgan fingerprint density at radius 3 is 2.44 bits per heavy atom. The molecule has 0 fully saturated rings. The van der Waals surface area contributed by atoms with Gasteiger partial charge in [-0.05, 0) is 13.0 Å². The van der Waals surface area contributed by atoms with Crippen molar-refractivity contribution in [3.05, 3.63) is 33.9 Å². The van der Waals surface area contributed by atoms with E-state index < -0.39 is 41.6 Å². The Bertz CT molecular complexity index is 577. The molecule has 1 atom stereocenters. The van der Waals surface area contributed by atoms with Gasteiger partial charge in [0.1, 0.15) is 4.71 Å². The number of carboxylic acid groups (broad SMARTS) is 1. The molecule has 1 aromatic carbocycles. The number of nitro groups is 1. The van der Waals surface area contributed by atoms with E-state index in [1.54, 1.807) is 0 Å². The average molecular weight is 294 g/mol. The Hall–Kier alpha value is -1.67. The first-order chi connectivity index (χ1) is 8.19. The molecular formula is C9H8ClNO6S. The highest BCUT2D eigenvalue weighted by Gasteiger charge is 2.34. The van der Waals surface area contributed by atoms with Gasteiger partial charge < -0.3 is 5.11 Å². The second-order valence-corrected chi connectivity index (χ2v) is 6.42. The second kappa shape index (κ2) is 4.91. The van der Waals surface area contributed by atoms with Gasteiger partial charge in [-0.2, -0.15) is 0 Å². The number of nitrogens with zero attached hydrogens (tertiary/aromatic N) is 1. The molecule has 0 bridgehead atoms. The van der Waals surface area contributed by atoms with Gasteiger partial charge in [0.25, 0.3) is 5.69 Å². The normalized spacial score (nSPS) is 13.0. The zero-order valence-corrected chi connectivity index (χ0v) is 10.6. The van der Waals surface area contributed by atoms with Crippen LogP contribution in [0.5, 0.6) is 0 Å². The molecular weight excluding hydrogens is 286 g/mol. The number of halogens is 1. The van der Waals surface area contributed by atoms with Crippen LogP contribution in [-0.2, 0) is 9.84 Å². The monoisotopic (exact) mass is 293 g/mol. The Morgan fingerprint density at radius 2 is 2.06 bits per heavy atom. The summed E-state index contributed by atoms with van der Waals surface area (Å²) >= 11 is 5.45. The maximum absolute atomic E-state index is 11.9. The minimum atomic E-state index is -4.29. The van der Waals surface area contributed by atoms with E-state index in [1.165, 1.54) is 0 Å². The molecule has 18 heavy (non-hydrogen) atoms. The minimum Gasteiger partial charge on any atom is -0.478 e. The number of benzene rings is 1. The molecule has 98 valence electrons.